The Morgan fingerprint density at radius 1 is 0.297 bits per heavy atom. The van der Waals surface area contributed by atoms with Crippen LogP contribution in [0.4, 0.5) is 17.1 Å². The Balaban J connectivity index is 1.57. The van der Waals surface area contributed by atoms with E-state index in [-0.39, 0.29) is 21.7 Å². The fraction of sp³-hybridized carbons (Fsp3) is 0.333. The monoisotopic (exact) mass is 844 g/mol. The second-order valence-corrected chi connectivity index (χ2v) is 22.7. The molecule has 1 nitrogen and oxygen atoms in total. The van der Waals surface area contributed by atoms with Gasteiger partial charge < -0.3 is 4.90 Å². The van der Waals surface area contributed by atoms with Gasteiger partial charge in [0, 0.05) is 11.4 Å². The largest absolute Gasteiger partial charge is 0.310 e. The number of nitrogens with zero attached hydrogens (tertiary/aromatic N) is 1. The third-order valence-electron chi connectivity index (χ3n) is 13.4. The van der Waals surface area contributed by atoms with E-state index in [9.17, 15) is 0 Å². The molecule has 0 unspecified atom stereocenters. The van der Waals surface area contributed by atoms with E-state index in [0.29, 0.717) is 0 Å². The second-order valence-electron chi connectivity index (χ2n) is 22.7. The summed E-state index contributed by atoms with van der Waals surface area (Å²) in [5.41, 5.74) is 25.2. The summed E-state index contributed by atoms with van der Waals surface area (Å²) in [5, 5.41) is 0. The Hall–Kier alpha value is -5.66. The predicted octanol–water partition coefficient (Wildman–Crippen LogP) is 18.6. The minimum atomic E-state index is 0.0632. The molecule has 0 N–H and O–H groups in total. The van der Waals surface area contributed by atoms with E-state index in [1.807, 2.05) is 0 Å². The zero-order valence-corrected chi connectivity index (χ0v) is 42.1. The minimum Gasteiger partial charge on any atom is -0.310 e. The van der Waals surface area contributed by atoms with Crippen LogP contribution in [0.1, 0.15) is 133 Å². The Labute approximate surface area is 387 Å². The summed E-state index contributed by atoms with van der Waals surface area (Å²) in [7, 11) is 0. The molecule has 0 heterocycles. The average Bonchev–Trinajstić information content (AvgIpc) is 3.21. The first kappa shape index (κ1) is 46.3. The van der Waals surface area contributed by atoms with Crippen molar-refractivity contribution < 1.29 is 0 Å². The molecule has 0 aliphatic heterocycles. The molecule has 0 spiro atoms. The summed E-state index contributed by atoms with van der Waals surface area (Å²) in [6.07, 6.45) is 0. The van der Waals surface area contributed by atoms with Gasteiger partial charge >= 0.3 is 0 Å². The van der Waals surface area contributed by atoms with E-state index in [0.717, 1.165) is 11.4 Å². The second kappa shape index (κ2) is 17.0. The van der Waals surface area contributed by atoms with Gasteiger partial charge in [0.2, 0.25) is 0 Å². The SMILES string of the molecule is Cc1cc(C)c(N(c2cc(-c3ccc(C(C)(C)C)cc3)c(C)c(-c3ccc(C(C)(C)C)cc3)c2)c2cc(-c3ccc(C(C)(C)C)cc3)c(C)c(-c3ccc(C(C)(C)C)cc3)c2)c(C)c1. The van der Waals surface area contributed by atoms with Crippen molar-refractivity contribution in [1.82, 2.24) is 0 Å². The van der Waals surface area contributed by atoms with Crippen molar-refractivity contribution in [2.75, 3.05) is 4.90 Å². The Bertz CT molecular complexity index is 2440. The Morgan fingerprint density at radius 3 is 0.719 bits per heavy atom. The third-order valence-corrected chi connectivity index (χ3v) is 13.4. The van der Waals surface area contributed by atoms with Gasteiger partial charge in [0.25, 0.3) is 0 Å². The molecule has 0 fully saturated rings. The molecule has 7 rings (SSSR count). The summed E-state index contributed by atoms with van der Waals surface area (Å²) >= 11 is 0. The first-order valence-electron chi connectivity index (χ1n) is 23.4. The summed E-state index contributed by atoms with van der Waals surface area (Å²) in [4.78, 5) is 2.56. The van der Waals surface area contributed by atoms with Crippen LogP contribution in [0.25, 0.3) is 44.5 Å². The van der Waals surface area contributed by atoms with Crippen molar-refractivity contribution in [3.05, 3.63) is 184 Å². The minimum absolute atomic E-state index is 0.0632. The molecule has 330 valence electrons. The molecular formula is C63H73N. The van der Waals surface area contributed by atoms with E-state index in [1.165, 1.54) is 100 Å². The number of benzene rings is 7. The topological polar surface area (TPSA) is 3.24 Å². The maximum absolute atomic E-state index is 2.56. The highest BCUT2D eigenvalue weighted by Gasteiger charge is 2.25. The molecular weight excluding hydrogens is 771 g/mol. The lowest BCUT2D eigenvalue weighted by Gasteiger charge is -2.32. The number of anilines is 3. The van der Waals surface area contributed by atoms with Gasteiger partial charge in [-0.2, -0.15) is 0 Å². The molecule has 0 saturated carbocycles. The smallest absolute Gasteiger partial charge is 0.0520 e. The lowest BCUT2D eigenvalue weighted by atomic mass is 9.84. The predicted molar refractivity (Wildman–Crippen MR) is 281 cm³/mol. The van der Waals surface area contributed by atoms with Crippen molar-refractivity contribution >= 4 is 17.1 Å². The molecule has 0 atom stereocenters. The molecule has 7 aromatic rings. The van der Waals surface area contributed by atoms with E-state index in [4.69, 9.17) is 0 Å². The van der Waals surface area contributed by atoms with E-state index >= 15 is 0 Å². The number of hydrogen-bond acceptors (Lipinski definition) is 1. The number of rotatable bonds is 7. The Morgan fingerprint density at radius 2 is 0.516 bits per heavy atom. The van der Waals surface area contributed by atoms with Gasteiger partial charge in [-0.15, -0.1) is 0 Å². The van der Waals surface area contributed by atoms with Crippen LogP contribution in [0.15, 0.2) is 133 Å². The molecule has 0 saturated heterocycles. The van der Waals surface area contributed by atoms with Crippen molar-refractivity contribution in [3.63, 3.8) is 0 Å². The van der Waals surface area contributed by atoms with Gasteiger partial charge in [-0.1, -0.05) is 198 Å². The van der Waals surface area contributed by atoms with Gasteiger partial charge in [-0.3, -0.25) is 0 Å². The van der Waals surface area contributed by atoms with E-state index in [1.54, 1.807) is 0 Å². The summed E-state index contributed by atoms with van der Waals surface area (Å²) in [6, 6.07) is 51.7. The third kappa shape index (κ3) is 9.56. The molecule has 0 amide bonds. The van der Waals surface area contributed by atoms with Crippen LogP contribution in [-0.2, 0) is 21.7 Å². The van der Waals surface area contributed by atoms with Crippen molar-refractivity contribution in [2.24, 2.45) is 0 Å². The van der Waals surface area contributed by atoms with Gasteiger partial charge in [-0.05, 0) is 170 Å². The zero-order chi connectivity index (χ0) is 46.7. The van der Waals surface area contributed by atoms with Crippen LogP contribution >= 0.6 is 0 Å². The lowest BCUT2D eigenvalue weighted by molar-refractivity contribution is 0.590. The average molecular weight is 844 g/mol. The maximum atomic E-state index is 2.56. The van der Waals surface area contributed by atoms with Crippen LogP contribution in [-0.4, -0.2) is 0 Å². The number of hydrogen-bond donors (Lipinski definition) is 0. The van der Waals surface area contributed by atoms with Crippen molar-refractivity contribution in [3.8, 4) is 44.5 Å². The summed E-state index contributed by atoms with van der Waals surface area (Å²) in [6.45, 7) is 38.9. The first-order chi connectivity index (χ1) is 29.8. The van der Waals surface area contributed by atoms with Gasteiger partial charge in [-0.25, -0.2) is 0 Å². The standard InChI is InChI=1S/C63H73N/c1-40-34-41(2)59(42(3)35-40)64(53-36-55(45-18-26-49(27-19-45)60(6,7)8)43(4)56(37-53)46-20-28-50(29-21-46)61(9,10)11)54-38-57(47-22-30-51(31-23-47)62(12,13)14)44(5)58(39-54)48-24-32-52(33-25-48)63(15,16)17/h18-39H,1-17H3. The molecule has 0 aromatic heterocycles. The van der Waals surface area contributed by atoms with Crippen LogP contribution in [0.2, 0.25) is 0 Å². The van der Waals surface area contributed by atoms with Gasteiger partial charge in [0.15, 0.2) is 0 Å². The Kier molecular flexibility index (Phi) is 12.3. The molecule has 1 heteroatoms. The number of aryl methyl sites for hydroxylation is 3. The van der Waals surface area contributed by atoms with Crippen LogP contribution in [0.3, 0.4) is 0 Å². The molecule has 0 aliphatic carbocycles. The van der Waals surface area contributed by atoms with Gasteiger partial charge in [0.1, 0.15) is 0 Å². The molecule has 0 radical (unpaired) electrons. The molecule has 0 bridgehead atoms. The van der Waals surface area contributed by atoms with E-state index in [2.05, 4.69) is 256 Å². The highest BCUT2D eigenvalue weighted by Crippen LogP contribution is 2.47. The molecule has 7 aromatic carbocycles. The molecule has 64 heavy (non-hydrogen) atoms. The fourth-order valence-corrected chi connectivity index (χ4v) is 9.39. The van der Waals surface area contributed by atoms with Crippen LogP contribution in [0.5, 0.6) is 0 Å². The van der Waals surface area contributed by atoms with Gasteiger partial charge in [0.05, 0.1) is 5.69 Å². The van der Waals surface area contributed by atoms with Crippen LogP contribution < -0.4 is 4.90 Å². The first-order valence-corrected chi connectivity index (χ1v) is 23.4. The zero-order valence-electron chi connectivity index (χ0n) is 42.1. The van der Waals surface area contributed by atoms with E-state index < -0.39 is 0 Å². The van der Waals surface area contributed by atoms with Crippen LogP contribution in [0, 0.1) is 34.6 Å². The quantitative estimate of drug-likeness (QED) is 0.155. The highest BCUT2D eigenvalue weighted by atomic mass is 15.1. The maximum Gasteiger partial charge on any atom is 0.0520 e. The lowest BCUT2D eigenvalue weighted by Crippen LogP contribution is -2.15. The van der Waals surface area contributed by atoms with Crippen molar-refractivity contribution in [2.45, 2.75) is 139 Å². The normalized spacial score (nSPS) is 12.5. The summed E-state index contributed by atoms with van der Waals surface area (Å²) < 4.78 is 0. The fourth-order valence-electron chi connectivity index (χ4n) is 9.39. The molecule has 0 aliphatic rings. The summed E-state index contributed by atoms with van der Waals surface area (Å²) in [5.74, 6) is 0. The van der Waals surface area contributed by atoms with Crippen molar-refractivity contribution in [1.29, 1.82) is 0 Å². The highest BCUT2D eigenvalue weighted by molar-refractivity contribution is 5.92.